The van der Waals surface area contributed by atoms with Gasteiger partial charge in [0.05, 0.1) is 11.7 Å². The fraction of sp³-hybridized carbons (Fsp3) is 0.286. The molecule has 0 fully saturated rings. The maximum absolute atomic E-state index is 13.1. The zero-order chi connectivity index (χ0) is 19.3. The SMILES string of the molecule is CC1(C)CC(=O)C2=C(C1)Nc1c(O)cccc1NC2c1ccc(Cl)cc1Cl. The Morgan fingerprint density at radius 3 is 2.67 bits per heavy atom. The lowest BCUT2D eigenvalue weighted by molar-refractivity contribution is -0.118. The van der Waals surface area contributed by atoms with Gasteiger partial charge in [0, 0.05) is 27.7 Å². The Labute approximate surface area is 168 Å². The van der Waals surface area contributed by atoms with E-state index in [-0.39, 0.29) is 16.9 Å². The van der Waals surface area contributed by atoms with Gasteiger partial charge >= 0.3 is 0 Å². The first-order valence-corrected chi connectivity index (χ1v) is 9.57. The number of allylic oxidation sites excluding steroid dienone is 1. The van der Waals surface area contributed by atoms with Crippen LogP contribution in [-0.4, -0.2) is 10.9 Å². The zero-order valence-electron chi connectivity index (χ0n) is 15.1. The fourth-order valence-electron chi connectivity index (χ4n) is 3.92. The monoisotopic (exact) mass is 402 g/mol. The van der Waals surface area contributed by atoms with Crippen molar-refractivity contribution >= 4 is 40.4 Å². The molecular weight excluding hydrogens is 383 g/mol. The third kappa shape index (κ3) is 3.28. The van der Waals surface area contributed by atoms with E-state index in [4.69, 9.17) is 23.2 Å². The molecule has 1 atom stereocenters. The molecule has 0 bridgehead atoms. The van der Waals surface area contributed by atoms with Crippen LogP contribution in [0.5, 0.6) is 5.75 Å². The van der Waals surface area contributed by atoms with Crippen LogP contribution < -0.4 is 10.6 Å². The molecule has 2 aliphatic rings. The molecule has 1 aliphatic heterocycles. The number of fused-ring (bicyclic) bond motifs is 1. The number of carbonyl (C=O) groups excluding carboxylic acids is 1. The first-order chi connectivity index (χ1) is 12.7. The van der Waals surface area contributed by atoms with Crippen LogP contribution in [0.3, 0.4) is 0 Å². The summed E-state index contributed by atoms with van der Waals surface area (Å²) in [6.45, 7) is 4.15. The van der Waals surface area contributed by atoms with Gasteiger partial charge in [-0.05, 0) is 41.7 Å². The van der Waals surface area contributed by atoms with Crippen molar-refractivity contribution in [1.29, 1.82) is 0 Å². The van der Waals surface area contributed by atoms with Crippen molar-refractivity contribution in [2.24, 2.45) is 5.41 Å². The van der Waals surface area contributed by atoms with E-state index >= 15 is 0 Å². The molecule has 0 saturated carbocycles. The normalized spacial score (nSPS) is 20.9. The molecule has 0 aromatic heterocycles. The molecule has 1 unspecified atom stereocenters. The van der Waals surface area contributed by atoms with E-state index in [9.17, 15) is 9.90 Å². The number of benzene rings is 2. The summed E-state index contributed by atoms with van der Waals surface area (Å²) in [7, 11) is 0. The molecular formula is C21H20Cl2N2O2. The van der Waals surface area contributed by atoms with Crippen LogP contribution in [0.4, 0.5) is 11.4 Å². The number of ketones is 1. The number of carbonyl (C=O) groups is 1. The summed E-state index contributed by atoms with van der Waals surface area (Å²) in [5.74, 6) is 0.204. The molecule has 27 heavy (non-hydrogen) atoms. The van der Waals surface area contributed by atoms with E-state index in [1.54, 1.807) is 24.3 Å². The maximum atomic E-state index is 13.1. The molecule has 0 spiro atoms. The molecule has 0 amide bonds. The lowest BCUT2D eigenvalue weighted by Crippen LogP contribution is -2.31. The Morgan fingerprint density at radius 1 is 1.15 bits per heavy atom. The van der Waals surface area contributed by atoms with Gasteiger partial charge in [-0.1, -0.05) is 49.2 Å². The highest BCUT2D eigenvalue weighted by atomic mass is 35.5. The van der Waals surface area contributed by atoms with Crippen LogP contribution in [0.25, 0.3) is 0 Å². The van der Waals surface area contributed by atoms with Gasteiger partial charge in [-0.25, -0.2) is 0 Å². The topological polar surface area (TPSA) is 61.4 Å². The Morgan fingerprint density at radius 2 is 1.93 bits per heavy atom. The minimum Gasteiger partial charge on any atom is -0.506 e. The highest BCUT2D eigenvalue weighted by Crippen LogP contribution is 2.48. The number of hydrogen-bond acceptors (Lipinski definition) is 4. The number of Topliss-reactive ketones (excluding diaryl/α,β-unsaturated/α-hetero) is 1. The number of halogens is 2. The minimum atomic E-state index is -0.427. The number of nitrogens with one attached hydrogen (secondary N) is 2. The molecule has 0 saturated heterocycles. The molecule has 4 rings (SSSR count). The van der Waals surface area contributed by atoms with E-state index in [2.05, 4.69) is 24.5 Å². The second-order valence-corrected chi connectivity index (χ2v) is 8.74. The van der Waals surface area contributed by atoms with Gasteiger partial charge in [-0.3, -0.25) is 4.79 Å². The molecule has 2 aromatic rings. The summed E-state index contributed by atoms with van der Waals surface area (Å²) in [6, 6.07) is 10.1. The molecule has 1 aliphatic carbocycles. The van der Waals surface area contributed by atoms with Crippen molar-refractivity contribution in [3.8, 4) is 5.75 Å². The Kier molecular flexibility index (Phi) is 4.36. The number of phenols is 1. The minimum absolute atomic E-state index is 0.0737. The van der Waals surface area contributed by atoms with Crippen molar-refractivity contribution in [3.63, 3.8) is 0 Å². The molecule has 1 heterocycles. The fourth-order valence-corrected chi connectivity index (χ4v) is 4.44. The van der Waals surface area contributed by atoms with Crippen molar-refractivity contribution < 1.29 is 9.90 Å². The summed E-state index contributed by atoms with van der Waals surface area (Å²) >= 11 is 12.5. The van der Waals surface area contributed by atoms with Crippen LogP contribution in [-0.2, 0) is 4.79 Å². The highest BCUT2D eigenvalue weighted by molar-refractivity contribution is 6.35. The van der Waals surface area contributed by atoms with Gasteiger partial charge in [0.2, 0.25) is 0 Å². The largest absolute Gasteiger partial charge is 0.506 e. The van der Waals surface area contributed by atoms with Gasteiger partial charge in [0.1, 0.15) is 11.4 Å². The van der Waals surface area contributed by atoms with Crippen molar-refractivity contribution in [2.45, 2.75) is 32.7 Å². The van der Waals surface area contributed by atoms with Crippen LogP contribution >= 0.6 is 23.2 Å². The van der Waals surface area contributed by atoms with Gasteiger partial charge in [-0.15, -0.1) is 0 Å². The predicted molar refractivity (Wildman–Crippen MR) is 110 cm³/mol. The molecule has 6 heteroatoms. The molecule has 3 N–H and O–H groups in total. The molecule has 140 valence electrons. The van der Waals surface area contributed by atoms with E-state index < -0.39 is 6.04 Å². The summed E-state index contributed by atoms with van der Waals surface area (Å²) < 4.78 is 0. The second-order valence-electron chi connectivity index (χ2n) is 7.90. The van der Waals surface area contributed by atoms with Crippen LogP contribution in [0, 0.1) is 5.41 Å². The summed E-state index contributed by atoms with van der Waals surface area (Å²) in [5.41, 5.74) is 3.38. The average molecular weight is 403 g/mol. The van der Waals surface area contributed by atoms with Gasteiger partial charge in [0.15, 0.2) is 5.78 Å². The van der Waals surface area contributed by atoms with Crippen LogP contribution in [0.15, 0.2) is 47.7 Å². The lowest BCUT2D eigenvalue weighted by atomic mass is 9.73. The quantitative estimate of drug-likeness (QED) is 0.517. The highest BCUT2D eigenvalue weighted by Gasteiger charge is 2.39. The molecule has 2 aromatic carbocycles. The van der Waals surface area contributed by atoms with Crippen LogP contribution in [0.1, 0.15) is 38.3 Å². The summed E-state index contributed by atoms with van der Waals surface area (Å²) in [6.07, 6.45) is 1.16. The summed E-state index contributed by atoms with van der Waals surface area (Å²) in [4.78, 5) is 13.1. The van der Waals surface area contributed by atoms with E-state index in [1.807, 2.05) is 12.1 Å². The van der Waals surface area contributed by atoms with Gasteiger partial charge in [0.25, 0.3) is 0 Å². The first kappa shape index (κ1) is 18.2. The lowest BCUT2D eigenvalue weighted by Gasteiger charge is -2.34. The Balaban J connectivity index is 1.93. The van der Waals surface area contributed by atoms with E-state index in [0.717, 1.165) is 11.3 Å². The van der Waals surface area contributed by atoms with Gasteiger partial charge < -0.3 is 15.7 Å². The first-order valence-electron chi connectivity index (χ1n) is 8.82. The summed E-state index contributed by atoms with van der Waals surface area (Å²) in [5, 5.41) is 18.1. The number of aromatic hydroxyl groups is 1. The zero-order valence-corrected chi connectivity index (χ0v) is 16.6. The van der Waals surface area contributed by atoms with Crippen molar-refractivity contribution in [3.05, 3.63) is 63.3 Å². The van der Waals surface area contributed by atoms with Crippen molar-refractivity contribution in [2.75, 3.05) is 10.6 Å². The Bertz CT molecular complexity index is 982. The van der Waals surface area contributed by atoms with Gasteiger partial charge in [-0.2, -0.15) is 0 Å². The predicted octanol–water partition coefficient (Wildman–Crippen LogP) is 5.92. The number of phenolic OH excluding ortho intramolecular Hbond substituents is 1. The van der Waals surface area contributed by atoms with Crippen LogP contribution in [0.2, 0.25) is 10.0 Å². The number of anilines is 2. The molecule has 0 radical (unpaired) electrons. The third-order valence-electron chi connectivity index (χ3n) is 5.10. The van der Waals surface area contributed by atoms with E-state index in [1.165, 1.54) is 0 Å². The number of hydrogen-bond donors (Lipinski definition) is 3. The number of para-hydroxylation sites is 1. The standard InChI is InChI=1S/C21H20Cl2N2O2/c1-21(2)9-15-18(17(27)10-21)19(12-7-6-11(22)8-13(12)23)24-14-4-3-5-16(26)20(14)25-15/h3-8,19,24-26H,9-10H2,1-2H3. The van der Waals surface area contributed by atoms with Crippen molar-refractivity contribution in [1.82, 2.24) is 0 Å². The smallest absolute Gasteiger partial charge is 0.163 e. The maximum Gasteiger partial charge on any atom is 0.163 e. The van der Waals surface area contributed by atoms with E-state index in [0.29, 0.717) is 39.8 Å². The average Bonchev–Trinajstić information content (AvgIpc) is 2.71. The number of rotatable bonds is 1. The second kappa shape index (κ2) is 6.47. The third-order valence-corrected chi connectivity index (χ3v) is 5.66. The molecule has 4 nitrogen and oxygen atoms in total. The Hall–Kier alpha value is -2.17.